The Morgan fingerprint density at radius 3 is 2.54 bits per heavy atom. The predicted molar refractivity (Wildman–Crippen MR) is 151 cm³/mol. The third kappa shape index (κ3) is 4.94. The number of hydrogen-bond donors (Lipinski definition) is 1. The second kappa shape index (κ2) is 10.1. The molecule has 204 valence electrons. The van der Waals surface area contributed by atoms with Gasteiger partial charge in [-0.15, -0.1) is 23.1 Å². The van der Waals surface area contributed by atoms with Gasteiger partial charge in [0.05, 0.1) is 16.1 Å². The lowest BCUT2D eigenvalue weighted by molar-refractivity contribution is -0.137. The van der Waals surface area contributed by atoms with Crippen LogP contribution in [0.5, 0.6) is 0 Å². The summed E-state index contributed by atoms with van der Waals surface area (Å²) in [5, 5.41) is 5.76. The van der Waals surface area contributed by atoms with Gasteiger partial charge in [-0.1, -0.05) is 17.7 Å². The molecular weight excluding hydrogens is 567 g/mol. The molecule has 6 rings (SSSR count). The molecule has 0 saturated carbocycles. The molecule has 1 saturated heterocycles. The molecule has 0 unspecified atom stereocenters. The van der Waals surface area contributed by atoms with Crippen molar-refractivity contribution in [2.24, 2.45) is 0 Å². The van der Waals surface area contributed by atoms with Crippen LogP contribution in [0.4, 0.5) is 19.0 Å². The lowest BCUT2D eigenvalue weighted by atomic mass is 10.00. The van der Waals surface area contributed by atoms with Crippen molar-refractivity contribution in [3.05, 3.63) is 68.7 Å². The zero-order valence-electron chi connectivity index (χ0n) is 21.1. The number of thiophene rings is 1. The van der Waals surface area contributed by atoms with Gasteiger partial charge in [-0.05, 0) is 38.1 Å². The fraction of sp³-hybridized carbons (Fsp3) is 0.370. The van der Waals surface area contributed by atoms with Crippen LogP contribution in [0.15, 0.2) is 51.6 Å². The SMILES string of the molecule is C[C@@H]1CN(c2nc(=O)n3c4c(c(-c5cc(Cl)cs5)c(C(F)(F)F)cc24)SC[C@@H](c2ccccn2)C3)C[C@H](C)N1. The van der Waals surface area contributed by atoms with E-state index in [-0.39, 0.29) is 30.1 Å². The number of rotatable bonds is 3. The lowest BCUT2D eigenvalue weighted by Gasteiger charge is -2.37. The van der Waals surface area contributed by atoms with Crippen molar-refractivity contribution >= 4 is 51.4 Å². The standard InChI is InChI=1S/C27H25ClF3N5OS2/c1-14-9-35(10-15(2)33-14)25-18-8-19(27(29,30)31)22(21-7-17(28)13-38-21)24-23(18)36(26(37)34-25)11-16(12-39-24)20-5-3-4-6-32-20/h3-8,13-16,33H,9-12H2,1-2H3/t14-,15+,16-/m0/s1. The molecular formula is C27H25ClF3N5OS2. The van der Waals surface area contributed by atoms with Crippen LogP contribution < -0.4 is 15.9 Å². The van der Waals surface area contributed by atoms with E-state index in [1.54, 1.807) is 22.2 Å². The molecule has 1 N–H and O–H groups in total. The van der Waals surface area contributed by atoms with Gasteiger partial charge >= 0.3 is 11.9 Å². The first-order chi connectivity index (χ1) is 18.6. The number of piperazine rings is 1. The Balaban J connectivity index is 1.67. The van der Waals surface area contributed by atoms with Crippen LogP contribution >= 0.6 is 34.7 Å². The maximum Gasteiger partial charge on any atom is 0.417 e. The zero-order valence-corrected chi connectivity index (χ0v) is 23.5. The number of hydrogen-bond acceptors (Lipinski definition) is 7. The van der Waals surface area contributed by atoms with E-state index in [0.717, 1.165) is 17.0 Å². The third-order valence-electron chi connectivity index (χ3n) is 7.11. The lowest BCUT2D eigenvalue weighted by Crippen LogP contribution is -2.55. The van der Waals surface area contributed by atoms with Gasteiger partial charge in [-0.3, -0.25) is 9.55 Å². The summed E-state index contributed by atoms with van der Waals surface area (Å²) < 4.78 is 45.8. The smallest absolute Gasteiger partial charge is 0.353 e. The van der Waals surface area contributed by atoms with Gasteiger partial charge in [0.2, 0.25) is 0 Å². The van der Waals surface area contributed by atoms with E-state index in [0.29, 0.717) is 50.4 Å². The third-order valence-corrected chi connectivity index (χ3v) is 9.66. The second-order valence-corrected chi connectivity index (χ2v) is 12.5. The summed E-state index contributed by atoms with van der Waals surface area (Å²) in [5.41, 5.74) is 0.0990. The van der Waals surface area contributed by atoms with Crippen molar-refractivity contribution in [2.45, 2.75) is 49.5 Å². The number of anilines is 1. The minimum Gasteiger partial charge on any atom is -0.353 e. The van der Waals surface area contributed by atoms with Crippen LogP contribution in [0.2, 0.25) is 5.02 Å². The highest BCUT2D eigenvalue weighted by molar-refractivity contribution is 7.99. The van der Waals surface area contributed by atoms with Gasteiger partial charge in [-0.25, -0.2) is 4.79 Å². The molecule has 39 heavy (non-hydrogen) atoms. The summed E-state index contributed by atoms with van der Waals surface area (Å²) in [6, 6.07) is 8.48. The number of thioether (sulfide) groups is 1. The first kappa shape index (κ1) is 26.6. The predicted octanol–water partition coefficient (Wildman–Crippen LogP) is 6.27. The largest absolute Gasteiger partial charge is 0.417 e. The van der Waals surface area contributed by atoms with E-state index in [2.05, 4.69) is 15.3 Å². The number of alkyl halides is 3. The number of halogens is 4. The maximum absolute atomic E-state index is 14.8. The number of nitrogens with zero attached hydrogens (tertiary/aromatic N) is 4. The van der Waals surface area contributed by atoms with E-state index in [4.69, 9.17) is 11.6 Å². The van der Waals surface area contributed by atoms with Crippen LogP contribution in [0, 0.1) is 0 Å². The van der Waals surface area contributed by atoms with Crippen molar-refractivity contribution < 1.29 is 13.2 Å². The van der Waals surface area contributed by atoms with Crippen molar-refractivity contribution in [1.82, 2.24) is 19.9 Å². The molecule has 3 aromatic heterocycles. The number of aromatic nitrogens is 3. The fourth-order valence-electron chi connectivity index (χ4n) is 5.61. The summed E-state index contributed by atoms with van der Waals surface area (Å²) >= 11 is 8.69. The Morgan fingerprint density at radius 2 is 1.90 bits per heavy atom. The highest BCUT2D eigenvalue weighted by Crippen LogP contribution is 2.50. The molecule has 0 spiro atoms. The number of benzene rings is 1. The topological polar surface area (TPSA) is 63.1 Å². The van der Waals surface area contributed by atoms with Gasteiger partial charge in [0.25, 0.3) is 0 Å². The van der Waals surface area contributed by atoms with Crippen molar-refractivity contribution in [1.29, 1.82) is 0 Å². The molecule has 2 aliphatic rings. The van der Waals surface area contributed by atoms with E-state index in [1.165, 1.54) is 17.8 Å². The van der Waals surface area contributed by atoms with E-state index >= 15 is 0 Å². The second-order valence-electron chi connectivity index (χ2n) is 10.1. The minimum absolute atomic E-state index is 0.0610. The highest BCUT2D eigenvalue weighted by Gasteiger charge is 2.39. The van der Waals surface area contributed by atoms with Gasteiger partial charge in [0, 0.05) is 81.4 Å². The molecule has 1 fully saturated rings. The van der Waals surface area contributed by atoms with E-state index in [1.807, 2.05) is 36.9 Å². The van der Waals surface area contributed by atoms with E-state index in [9.17, 15) is 18.0 Å². The monoisotopic (exact) mass is 591 g/mol. The summed E-state index contributed by atoms with van der Waals surface area (Å²) in [6.07, 6.45) is -2.95. The number of pyridine rings is 1. The molecule has 4 aromatic rings. The Bertz CT molecular complexity index is 1600. The zero-order chi connectivity index (χ0) is 27.5. The molecule has 0 aliphatic carbocycles. The summed E-state index contributed by atoms with van der Waals surface area (Å²) in [4.78, 5) is 25.4. The van der Waals surface area contributed by atoms with Crippen LogP contribution in [0.25, 0.3) is 21.3 Å². The molecule has 6 nitrogen and oxygen atoms in total. The Kier molecular flexibility index (Phi) is 6.89. The molecule has 5 heterocycles. The Labute approximate surface area is 236 Å². The van der Waals surface area contributed by atoms with E-state index < -0.39 is 17.4 Å². The maximum atomic E-state index is 14.8. The van der Waals surface area contributed by atoms with Crippen LogP contribution in [0.1, 0.15) is 31.0 Å². The minimum atomic E-state index is -4.63. The van der Waals surface area contributed by atoms with Gasteiger partial charge in [0.15, 0.2) is 0 Å². The Morgan fingerprint density at radius 1 is 1.13 bits per heavy atom. The van der Waals surface area contributed by atoms with Gasteiger partial charge in [-0.2, -0.15) is 18.2 Å². The summed E-state index contributed by atoms with van der Waals surface area (Å²) in [7, 11) is 0. The molecule has 0 bridgehead atoms. The fourth-order valence-corrected chi connectivity index (χ4v) is 8.18. The normalized spacial score (nSPS) is 21.8. The van der Waals surface area contributed by atoms with Gasteiger partial charge < -0.3 is 10.2 Å². The molecule has 0 amide bonds. The molecule has 2 aliphatic heterocycles. The van der Waals surface area contributed by atoms with Crippen LogP contribution in [-0.4, -0.2) is 45.5 Å². The van der Waals surface area contributed by atoms with Crippen LogP contribution in [-0.2, 0) is 12.7 Å². The molecule has 0 radical (unpaired) electrons. The number of nitrogens with one attached hydrogen (secondary N) is 1. The van der Waals surface area contributed by atoms with Crippen LogP contribution in [0.3, 0.4) is 0 Å². The summed E-state index contributed by atoms with van der Waals surface area (Å²) in [5.74, 6) is 0.564. The highest BCUT2D eigenvalue weighted by atomic mass is 35.5. The first-order valence-electron chi connectivity index (χ1n) is 12.6. The first-order valence-corrected chi connectivity index (χ1v) is 14.8. The molecule has 12 heteroatoms. The molecule has 3 atom stereocenters. The molecule has 1 aromatic carbocycles. The Hall–Kier alpha value is -2.60. The summed E-state index contributed by atoms with van der Waals surface area (Å²) in [6.45, 7) is 5.35. The van der Waals surface area contributed by atoms with Crippen molar-refractivity contribution in [3.63, 3.8) is 0 Å². The average molecular weight is 592 g/mol. The quantitative estimate of drug-likeness (QED) is 0.303. The van der Waals surface area contributed by atoms with Gasteiger partial charge in [0.1, 0.15) is 5.82 Å². The van der Waals surface area contributed by atoms with Crippen molar-refractivity contribution in [2.75, 3.05) is 23.7 Å². The van der Waals surface area contributed by atoms with Crippen molar-refractivity contribution in [3.8, 4) is 10.4 Å². The average Bonchev–Trinajstić information content (AvgIpc) is 3.20.